The van der Waals surface area contributed by atoms with Gasteiger partial charge in [0.25, 0.3) is 5.56 Å². The first-order chi connectivity index (χ1) is 7.99. The molecule has 0 amide bonds. The SMILES string of the molecule is CC1NN(C)C=C1c1ccc(=O)n(C(C)C)c1. The minimum atomic E-state index is 0.0521. The lowest BCUT2D eigenvalue weighted by atomic mass is 10.0. The summed E-state index contributed by atoms with van der Waals surface area (Å²) in [7, 11) is 1.97. The van der Waals surface area contributed by atoms with Crippen LogP contribution >= 0.6 is 0 Å². The van der Waals surface area contributed by atoms with E-state index in [0.29, 0.717) is 0 Å². The first-order valence-electron chi connectivity index (χ1n) is 5.92. The van der Waals surface area contributed by atoms with E-state index >= 15 is 0 Å². The standard InChI is InChI=1S/C13H19N3O/c1-9(2)16-7-11(5-6-13(16)17)12-8-15(4)14-10(12)3/h5-10,14H,1-4H3. The van der Waals surface area contributed by atoms with E-state index in [0.717, 1.165) is 5.56 Å². The highest BCUT2D eigenvalue weighted by Gasteiger charge is 2.19. The van der Waals surface area contributed by atoms with Crippen LogP contribution in [0.4, 0.5) is 0 Å². The van der Waals surface area contributed by atoms with Crippen LogP contribution in [-0.2, 0) is 0 Å². The van der Waals surface area contributed by atoms with E-state index in [1.165, 1.54) is 5.57 Å². The number of pyridine rings is 1. The van der Waals surface area contributed by atoms with Gasteiger partial charge >= 0.3 is 0 Å². The highest BCUT2D eigenvalue weighted by molar-refractivity contribution is 5.69. The molecule has 0 saturated carbocycles. The van der Waals surface area contributed by atoms with Crippen molar-refractivity contribution in [1.29, 1.82) is 0 Å². The lowest BCUT2D eigenvalue weighted by molar-refractivity contribution is 0.340. The third-order valence-electron chi connectivity index (χ3n) is 3.02. The highest BCUT2D eigenvalue weighted by Crippen LogP contribution is 2.22. The molecule has 4 nitrogen and oxygen atoms in total. The Morgan fingerprint density at radius 2 is 2.06 bits per heavy atom. The van der Waals surface area contributed by atoms with Crippen LogP contribution in [0.15, 0.2) is 29.3 Å². The van der Waals surface area contributed by atoms with Crippen molar-refractivity contribution >= 4 is 5.57 Å². The van der Waals surface area contributed by atoms with Gasteiger partial charge in [-0.15, -0.1) is 0 Å². The fourth-order valence-corrected chi connectivity index (χ4v) is 2.14. The zero-order valence-electron chi connectivity index (χ0n) is 10.8. The molecule has 4 heteroatoms. The van der Waals surface area contributed by atoms with E-state index in [1.54, 1.807) is 10.6 Å². The Hall–Kier alpha value is -1.55. The summed E-state index contributed by atoms with van der Waals surface area (Å²) < 4.78 is 1.77. The Morgan fingerprint density at radius 1 is 1.35 bits per heavy atom. The van der Waals surface area contributed by atoms with E-state index in [1.807, 2.05) is 38.2 Å². The van der Waals surface area contributed by atoms with Gasteiger partial charge < -0.3 is 9.58 Å². The lowest BCUT2D eigenvalue weighted by Crippen LogP contribution is -2.31. The quantitative estimate of drug-likeness (QED) is 0.843. The van der Waals surface area contributed by atoms with Gasteiger partial charge in [0, 0.05) is 31.6 Å². The number of rotatable bonds is 2. The highest BCUT2D eigenvalue weighted by atomic mass is 16.1. The predicted octanol–water partition coefficient (Wildman–Crippen LogP) is 1.61. The summed E-state index contributed by atoms with van der Waals surface area (Å²) in [6, 6.07) is 3.99. The first-order valence-corrected chi connectivity index (χ1v) is 5.92. The summed E-state index contributed by atoms with van der Waals surface area (Å²) in [6.07, 6.45) is 4.01. The van der Waals surface area contributed by atoms with Gasteiger partial charge in [0.15, 0.2) is 0 Å². The van der Waals surface area contributed by atoms with Crippen molar-refractivity contribution in [3.05, 3.63) is 40.4 Å². The van der Waals surface area contributed by atoms with Crippen molar-refractivity contribution in [2.24, 2.45) is 0 Å². The second-order valence-corrected chi connectivity index (χ2v) is 4.80. The van der Waals surface area contributed by atoms with Gasteiger partial charge in [0.2, 0.25) is 0 Å². The maximum absolute atomic E-state index is 11.7. The fourth-order valence-electron chi connectivity index (χ4n) is 2.14. The summed E-state index contributed by atoms with van der Waals surface area (Å²) in [5, 5.41) is 1.95. The van der Waals surface area contributed by atoms with E-state index < -0.39 is 0 Å². The number of hydrogen-bond acceptors (Lipinski definition) is 3. The smallest absolute Gasteiger partial charge is 0.250 e. The van der Waals surface area contributed by atoms with Crippen LogP contribution in [0.5, 0.6) is 0 Å². The zero-order chi connectivity index (χ0) is 12.6. The molecule has 1 aromatic heterocycles. The first kappa shape index (κ1) is 11.9. The summed E-state index contributed by atoms with van der Waals surface area (Å²) >= 11 is 0. The van der Waals surface area contributed by atoms with Crippen molar-refractivity contribution in [2.75, 3.05) is 7.05 Å². The topological polar surface area (TPSA) is 37.3 Å². The largest absolute Gasteiger partial charge is 0.318 e. The number of nitrogens with zero attached hydrogens (tertiary/aromatic N) is 2. The molecule has 0 bridgehead atoms. The van der Waals surface area contributed by atoms with Gasteiger partial charge in [-0.2, -0.15) is 0 Å². The van der Waals surface area contributed by atoms with Crippen LogP contribution < -0.4 is 11.0 Å². The third-order valence-corrected chi connectivity index (χ3v) is 3.02. The molecule has 92 valence electrons. The normalized spacial score (nSPS) is 19.9. The molecule has 2 heterocycles. The lowest BCUT2D eigenvalue weighted by Gasteiger charge is -2.14. The number of hydrazine groups is 1. The van der Waals surface area contributed by atoms with Gasteiger partial charge in [-0.1, -0.05) is 0 Å². The second kappa shape index (κ2) is 4.37. The maximum atomic E-state index is 11.7. The summed E-state index contributed by atoms with van der Waals surface area (Å²) in [6.45, 7) is 6.14. The average molecular weight is 233 g/mol. The van der Waals surface area contributed by atoms with Crippen LogP contribution in [0.2, 0.25) is 0 Å². The van der Waals surface area contributed by atoms with Crippen molar-refractivity contribution in [3.63, 3.8) is 0 Å². The van der Waals surface area contributed by atoms with Crippen molar-refractivity contribution in [1.82, 2.24) is 15.0 Å². The van der Waals surface area contributed by atoms with Crippen LogP contribution in [0.1, 0.15) is 32.4 Å². The van der Waals surface area contributed by atoms with Crippen LogP contribution in [0.25, 0.3) is 5.57 Å². The predicted molar refractivity (Wildman–Crippen MR) is 69.4 cm³/mol. The van der Waals surface area contributed by atoms with Crippen molar-refractivity contribution in [3.8, 4) is 0 Å². The van der Waals surface area contributed by atoms with E-state index in [9.17, 15) is 4.79 Å². The molecule has 0 fully saturated rings. The minimum absolute atomic E-state index is 0.0521. The Labute approximate surface area is 102 Å². The van der Waals surface area contributed by atoms with E-state index in [4.69, 9.17) is 0 Å². The molecule has 1 N–H and O–H groups in total. The molecule has 0 aliphatic carbocycles. The number of aromatic nitrogens is 1. The molecule has 1 atom stereocenters. The van der Waals surface area contributed by atoms with E-state index in [2.05, 4.69) is 18.5 Å². The van der Waals surface area contributed by atoms with Gasteiger partial charge in [-0.05, 0) is 38.0 Å². The van der Waals surface area contributed by atoms with Crippen molar-refractivity contribution in [2.45, 2.75) is 32.9 Å². The molecule has 1 aliphatic heterocycles. The van der Waals surface area contributed by atoms with Gasteiger partial charge in [-0.3, -0.25) is 4.79 Å². The van der Waals surface area contributed by atoms with Gasteiger partial charge in [-0.25, -0.2) is 5.43 Å². The Balaban J connectivity index is 2.44. The molecule has 1 unspecified atom stereocenters. The molecule has 1 aromatic rings. The Bertz CT molecular complexity index is 502. The fraction of sp³-hybridized carbons (Fsp3) is 0.462. The van der Waals surface area contributed by atoms with Crippen LogP contribution in [0, 0.1) is 0 Å². The molecule has 0 aromatic carbocycles. The number of nitrogens with one attached hydrogen (secondary N) is 1. The summed E-state index contributed by atoms with van der Waals surface area (Å²) in [5.41, 5.74) is 5.64. The van der Waals surface area contributed by atoms with E-state index in [-0.39, 0.29) is 17.6 Å². The van der Waals surface area contributed by atoms with Crippen LogP contribution in [0.3, 0.4) is 0 Å². The zero-order valence-corrected chi connectivity index (χ0v) is 10.8. The molecule has 17 heavy (non-hydrogen) atoms. The summed E-state index contributed by atoms with van der Waals surface area (Å²) in [5.74, 6) is 0. The average Bonchev–Trinajstić information content (AvgIpc) is 2.58. The van der Waals surface area contributed by atoms with Crippen LogP contribution in [-0.4, -0.2) is 22.7 Å². The minimum Gasteiger partial charge on any atom is -0.318 e. The Kier molecular flexibility index (Phi) is 3.07. The molecular formula is C13H19N3O. The number of hydrogen-bond donors (Lipinski definition) is 1. The van der Waals surface area contributed by atoms with Gasteiger partial charge in [0.1, 0.15) is 0 Å². The van der Waals surface area contributed by atoms with Gasteiger partial charge in [0.05, 0.1) is 6.04 Å². The third kappa shape index (κ3) is 2.26. The monoisotopic (exact) mass is 233 g/mol. The van der Waals surface area contributed by atoms with Crippen molar-refractivity contribution < 1.29 is 0 Å². The molecule has 0 saturated heterocycles. The maximum Gasteiger partial charge on any atom is 0.250 e. The molecule has 0 spiro atoms. The Morgan fingerprint density at radius 3 is 2.59 bits per heavy atom. The molecule has 2 rings (SSSR count). The summed E-state index contributed by atoms with van der Waals surface area (Å²) in [4.78, 5) is 11.7. The molecular weight excluding hydrogens is 214 g/mol. The second-order valence-electron chi connectivity index (χ2n) is 4.80. The molecule has 1 aliphatic rings. The molecule has 0 radical (unpaired) electrons.